The van der Waals surface area contributed by atoms with Gasteiger partial charge in [-0.25, -0.2) is 0 Å². The molecule has 1 fully saturated rings. The Morgan fingerprint density at radius 3 is 2.74 bits per heavy atom. The van der Waals surface area contributed by atoms with Crippen LogP contribution in [-0.2, 0) is 11.2 Å². The van der Waals surface area contributed by atoms with E-state index in [1.54, 1.807) is 0 Å². The molecule has 1 saturated carbocycles. The Labute approximate surface area is 114 Å². The molecule has 2 N–H and O–H groups in total. The fraction of sp³-hybridized carbons (Fsp3) is 0.562. The maximum absolute atomic E-state index is 12.6. The Kier molecular flexibility index (Phi) is 3.21. The predicted molar refractivity (Wildman–Crippen MR) is 78.2 cm³/mol. The first-order valence-electron chi connectivity index (χ1n) is 7.37. The number of carbonyl (C=O) groups is 1. The lowest BCUT2D eigenvalue weighted by molar-refractivity contribution is -0.123. The number of aryl methyl sites for hydroxylation is 1. The van der Waals surface area contributed by atoms with Crippen molar-refractivity contribution in [2.75, 3.05) is 17.2 Å². The van der Waals surface area contributed by atoms with Gasteiger partial charge in [-0.1, -0.05) is 25.3 Å². The minimum atomic E-state index is 0.238. The number of hydrogen-bond acceptors (Lipinski definition) is 2. The van der Waals surface area contributed by atoms with Gasteiger partial charge in [0, 0.05) is 23.8 Å². The molecular weight excluding hydrogens is 236 g/mol. The largest absolute Gasteiger partial charge is 0.398 e. The molecule has 1 aliphatic heterocycles. The first-order valence-corrected chi connectivity index (χ1v) is 7.37. The third-order valence-corrected chi connectivity index (χ3v) is 4.58. The van der Waals surface area contributed by atoms with Crippen molar-refractivity contribution in [3.63, 3.8) is 0 Å². The molecular formula is C16H22N2O. The average Bonchev–Trinajstić information content (AvgIpc) is 2.82. The zero-order valence-electron chi connectivity index (χ0n) is 11.6. The van der Waals surface area contributed by atoms with Crippen LogP contribution in [0.1, 0.15) is 43.2 Å². The van der Waals surface area contributed by atoms with Crippen LogP contribution < -0.4 is 10.6 Å². The van der Waals surface area contributed by atoms with Gasteiger partial charge in [-0.05, 0) is 43.4 Å². The molecule has 3 rings (SSSR count). The van der Waals surface area contributed by atoms with Gasteiger partial charge in [0.2, 0.25) is 5.91 Å². The summed E-state index contributed by atoms with van der Waals surface area (Å²) in [5.74, 6) is 0.559. The number of amides is 1. The molecule has 3 heteroatoms. The summed E-state index contributed by atoms with van der Waals surface area (Å²) in [6.07, 6.45) is 6.78. The van der Waals surface area contributed by atoms with Crippen LogP contribution in [-0.4, -0.2) is 12.5 Å². The molecule has 1 aromatic rings. The number of fused-ring (bicyclic) bond motifs is 1. The van der Waals surface area contributed by atoms with Gasteiger partial charge in [0.15, 0.2) is 0 Å². The second-order valence-electron chi connectivity index (χ2n) is 5.91. The van der Waals surface area contributed by atoms with Crippen LogP contribution in [0.4, 0.5) is 11.4 Å². The molecule has 0 atom stereocenters. The molecule has 1 heterocycles. The molecule has 0 saturated heterocycles. The maximum atomic E-state index is 12.6. The van der Waals surface area contributed by atoms with Gasteiger partial charge >= 0.3 is 0 Å². The standard InChI is InChI=1S/C16H22N2O/c1-11-9-13-7-8-18(15(13)10-14(11)17)16(19)12-5-3-2-4-6-12/h9-10,12H,2-8,17H2,1H3. The van der Waals surface area contributed by atoms with Gasteiger partial charge in [0.05, 0.1) is 0 Å². The second kappa shape index (κ2) is 4.87. The normalized spacial score (nSPS) is 19.5. The van der Waals surface area contributed by atoms with Crippen molar-refractivity contribution in [2.45, 2.75) is 45.4 Å². The number of nitrogens with two attached hydrogens (primary N) is 1. The summed E-state index contributed by atoms with van der Waals surface area (Å²) in [5.41, 5.74) is 10.2. The molecule has 3 nitrogen and oxygen atoms in total. The summed E-state index contributed by atoms with van der Waals surface area (Å²) in [5, 5.41) is 0. The van der Waals surface area contributed by atoms with Crippen LogP contribution in [0.25, 0.3) is 0 Å². The molecule has 2 aliphatic rings. The fourth-order valence-electron chi connectivity index (χ4n) is 3.38. The number of anilines is 2. The van der Waals surface area contributed by atoms with Crippen molar-refractivity contribution in [1.82, 2.24) is 0 Å². The number of nitrogen functional groups attached to an aromatic ring is 1. The van der Waals surface area contributed by atoms with Crippen molar-refractivity contribution in [3.05, 3.63) is 23.3 Å². The third kappa shape index (κ3) is 2.22. The number of nitrogens with zero attached hydrogens (tertiary/aromatic N) is 1. The van der Waals surface area contributed by atoms with Crippen LogP contribution in [0.2, 0.25) is 0 Å². The van der Waals surface area contributed by atoms with E-state index in [1.165, 1.54) is 24.8 Å². The van der Waals surface area contributed by atoms with E-state index in [0.29, 0.717) is 5.91 Å². The van der Waals surface area contributed by atoms with Crippen molar-refractivity contribution < 1.29 is 4.79 Å². The number of benzene rings is 1. The topological polar surface area (TPSA) is 46.3 Å². The highest BCUT2D eigenvalue weighted by molar-refractivity contribution is 5.97. The van der Waals surface area contributed by atoms with Gasteiger partial charge in [0.25, 0.3) is 0 Å². The van der Waals surface area contributed by atoms with Gasteiger partial charge < -0.3 is 10.6 Å². The van der Waals surface area contributed by atoms with Crippen molar-refractivity contribution in [1.29, 1.82) is 0 Å². The maximum Gasteiger partial charge on any atom is 0.230 e. The van der Waals surface area contributed by atoms with E-state index in [9.17, 15) is 4.79 Å². The Hall–Kier alpha value is -1.51. The van der Waals surface area contributed by atoms with Gasteiger partial charge in [-0.3, -0.25) is 4.79 Å². The Balaban J connectivity index is 1.85. The molecule has 1 amide bonds. The SMILES string of the molecule is Cc1cc2c(cc1N)N(C(=O)C1CCCCC1)CC2. The van der Waals surface area contributed by atoms with E-state index < -0.39 is 0 Å². The predicted octanol–water partition coefficient (Wildman–Crippen LogP) is 3.05. The molecule has 1 aromatic carbocycles. The highest BCUT2D eigenvalue weighted by Crippen LogP contribution is 2.35. The van der Waals surface area contributed by atoms with Gasteiger partial charge in [-0.15, -0.1) is 0 Å². The van der Waals surface area contributed by atoms with Crippen LogP contribution in [0.15, 0.2) is 12.1 Å². The summed E-state index contributed by atoms with van der Waals surface area (Å²) < 4.78 is 0. The Morgan fingerprint density at radius 2 is 2.00 bits per heavy atom. The van der Waals surface area contributed by atoms with E-state index >= 15 is 0 Å². The molecule has 0 bridgehead atoms. The summed E-state index contributed by atoms with van der Waals surface area (Å²) in [7, 11) is 0. The summed E-state index contributed by atoms with van der Waals surface area (Å²) in [6, 6.07) is 4.12. The molecule has 19 heavy (non-hydrogen) atoms. The summed E-state index contributed by atoms with van der Waals surface area (Å²) >= 11 is 0. The quantitative estimate of drug-likeness (QED) is 0.787. The van der Waals surface area contributed by atoms with E-state index in [2.05, 4.69) is 6.07 Å². The third-order valence-electron chi connectivity index (χ3n) is 4.58. The molecule has 0 spiro atoms. The Morgan fingerprint density at radius 1 is 1.26 bits per heavy atom. The smallest absolute Gasteiger partial charge is 0.230 e. The average molecular weight is 258 g/mol. The van der Waals surface area contributed by atoms with E-state index in [1.807, 2.05) is 17.9 Å². The summed E-state index contributed by atoms with van der Waals surface area (Å²) in [6.45, 7) is 2.86. The number of rotatable bonds is 1. The van der Waals surface area contributed by atoms with E-state index in [0.717, 1.165) is 42.7 Å². The Bertz CT molecular complexity index is 504. The summed E-state index contributed by atoms with van der Waals surface area (Å²) in [4.78, 5) is 14.6. The molecule has 0 radical (unpaired) electrons. The van der Waals surface area contributed by atoms with Crippen LogP contribution >= 0.6 is 0 Å². The van der Waals surface area contributed by atoms with Crippen LogP contribution in [0.5, 0.6) is 0 Å². The minimum Gasteiger partial charge on any atom is -0.398 e. The van der Waals surface area contributed by atoms with Crippen molar-refractivity contribution >= 4 is 17.3 Å². The number of carbonyl (C=O) groups excluding carboxylic acids is 1. The molecule has 0 aromatic heterocycles. The monoisotopic (exact) mass is 258 g/mol. The van der Waals surface area contributed by atoms with Crippen molar-refractivity contribution in [2.24, 2.45) is 5.92 Å². The highest BCUT2D eigenvalue weighted by atomic mass is 16.2. The zero-order valence-corrected chi connectivity index (χ0v) is 11.6. The van der Waals surface area contributed by atoms with Gasteiger partial charge in [0.1, 0.15) is 0 Å². The lowest BCUT2D eigenvalue weighted by Gasteiger charge is -2.26. The van der Waals surface area contributed by atoms with E-state index in [4.69, 9.17) is 5.73 Å². The van der Waals surface area contributed by atoms with Crippen LogP contribution in [0, 0.1) is 12.8 Å². The minimum absolute atomic E-state index is 0.238. The second-order valence-corrected chi connectivity index (χ2v) is 5.91. The molecule has 102 valence electrons. The van der Waals surface area contributed by atoms with E-state index in [-0.39, 0.29) is 5.92 Å². The lowest BCUT2D eigenvalue weighted by atomic mass is 9.88. The van der Waals surface area contributed by atoms with Crippen molar-refractivity contribution in [3.8, 4) is 0 Å². The molecule has 1 aliphatic carbocycles. The zero-order chi connectivity index (χ0) is 13.4. The highest BCUT2D eigenvalue weighted by Gasteiger charge is 2.31. The number of hydrogen-bond donors (Lipinski definition) is 1. The first kappa shape index (κ1) is 12.5. The first-order chi connectivity index (χ1) is 9.16. The molecule has 0 unspecified atom stereocenters. The fourth-order valence-corrected chi connectivity index (χ4v) is 3.38. The lowest BCUT2D eigenvalue weighted by Crippen LogP contribution is -2.35. The van der Waals surface area contributed by atoms with Gasteiger partial charge in [-0.2, -0.15) is 0 Å². The van der Waals surface area contributed by atoms with Crippen LogP contribution in [0.3, 0.4) is 0 Å².